The molecule has 0 aliphatic heterocycles. The van der Waals surface area contributed by atoms with Crippen molar-refractivity contribution in [1.82, 2.24) is 0 Å². The Labute approximate surface area is 124 Å². The summed E-state index contributed by atoms with van der Waals surface area (Å²) < 4.78 is 13.9. The Bertz CT molecular complexity index is 518. The maximum absolute atomic E-state index is 13.9. The van der Waals surface area contributed by atoms with Crippen LogP contribution in [0.2, 0.25) is 0 Å². The molecule has 0 heterocycles. The summed E-state index contributed by atoms with van der Waals surface area (Å²) in [5.41, 5.74) is 5.74. The third-order valence-electron chi connectivity index (χ3n) is 3.40. The molecular weight excluding hydrogens is 273 g/mol. The number of hydrogen-bond acceptors (Lipinski definition) is 3. The molecule has 1 aromatic rings. The lowest BCUT2D eigenvalue weighted by molar-refractivity contribution is -0.120. The number of hydrogen-bond donors (Lipinski definition) is 3. The molecule has 1 aromatic carbocycles. The molecular formula is C15H22FN3O2. The lowest BCUT2D eigenvalue weighted by atomic mass is 9.98. The molecule has 6 heteroatoms. The lowest BCUT2D eigenvalue weighted by Gasteiger charge is -2.15. The van der Waals surface area contributed by atoms with Crippen LogP contribution in [-0.2, 0) is 4.79 Å². The minimum atomic E-state index is -0.613. The van der Waals surface area contributed by atoms with E-state index in [1.807, 2.05) is 6.92 Å². The van der Waals surface area contributed by atoms with Gasteiger partial charge in [-0.3, -0.25) is 4.79 Å². The Morgan fingerprint density at radius 1 is 1.48 bits per heavy atom. The van der Waals surface area contributed by atoms with Crippen LogP contribution in [0.1, 0.15) is 45.1 Å². The standard InChI is InChI=1S/C15H22FN3O2/c1-3-5-6-10(4-2)15(20)18-13-8-7-11(9-12(13)16)14(17)19-21/h7-10,21H,3-6H2,1-2H3,(H2,17,19)(H,18,20). The summed E-state index contributed by atoms with van der Waals surface area (Å²) in [6.45, 7) is 4.01. The van der Waals surface area contributed by atoms with Crippen molar-refractivity contribution in [3.8, 4) is 0 Å². The number of oxime groups is 1. The van der Waals surface area contributed by atoms with E-state index in [9.17, 15) is 9.18 Å². The topological polar surface area (TPSA) is 87.7 Å². The summed E-state index contributed by atoms with van der Waals surface area (Å²) in [4.78, 5) is 12.1. The Morgan fingerprint density at radius 3 is 2.71 bits per heavy atom. The highest BCUT2D eigenvalue weighted by Gasteiger charge is 2.17. The fourth-order valence-electron chi connectivity index (χ4n) is 2.04. The summed E-state index contributed by atoms with van der Waals surface area (Å²) in [7, 11) is 0. The first kappa shape index (κ1) is 16.9. The van der Waals surface area contributed by atoms with Crippen LogP contribution in [0.3, 0.4) is 0 Å². The largest absolute Gasteiger partial charge is 0.409 e. The molecule has 1 unspecified atom stereocenters. The molecule has 0 aliphatic rings. The van der Waals surface area contributed by atoms with Crippen LogP contribution in [0.5, 0.6) is 0 Å². The predicted molar refractivity (Wildman–Crippen MR) is 80.8 cm³/mol. The SMILES string of the molecule is CCCCC(CC)C(=O)Nc1ccc(/C(N)=N/O)cc1F. The van der Waals surface area contributed by atoms with E-state index in [1.165, 1.54) is 12.1 Å². The van der Waals surface area contributed by atoms with Crippen LogP contribution < -0.4 is 11.1 Å². The Morgan fingerprint density at radius 2 is 2.19 bits per heavy atom. The van der Waals surface area contributed by atoms with Crippen molar-refractivity contribution in [2.24, 2.45) is 16.8 Å². The van der Waals surface area contributed by atoms with Gasteiger partial charge >= 0.3 is 0 Å². The highest BCUT2D eigenvalue weighted by atomic mass is 19.1. The zero-order chi connectivity index (χ0) is 15.8. The van der Waals surface area contributed by atoms with Gasteiger partial charge < -0.3 is 16.3 Å². The van der Waals surface area contributed by atoms with E-state index in [1.54, 1.807) is 0 Å². The number of carbonyl (C=O) groups excluding carboxylic acids is 1. The molecule has 0 fully saturated rings. The van der Waals surface area contributed by atoms with E-state index in [0.717, 1.165) is 31.7 Å². The Balaban J connectivity index is 2.80. The average molecular weight is 295 g/mol. The number of rotatable bonds is 7. The van der Waals surface area contributed by atoms with E-state index in [4.69, 9.17) is 10.9 Å². The number of nitrogens with two attached hydrogens (primary N) is 1. The fraction of sp³-hybridized carbons (Fsp3) is 0.467. The minimum absolute atomic E-state index is 0.101. The number of anilines is 1. The van der Waals surface area contributed by atoms with Gasteiger partial charge in [-0.2, -0.15) is 0 Å². The van der Waals surface area contributed by atoms with Crippen LogP contribution in [-0.4, -0.2) is 17.0 Å². The second kappa shape index (κ2) is 8.24. The van der Waals surface area contributed by atoms with Crippen LogP contribution in [0.25, 0.3) is 0 Å². The second-order valence-corrected chi connectivity index (χ2v) is 4.92. The van der Waals surface area contributed by atoms with Gasteiger partial charge in [0.05, 0.1) is 5.69 Å². The third-order valence-corrected chi connectivity index (χ3v) is 3.40. The molecule has 0 aliphatic carbocycles. The summed E-state index contributed by atoms with van der Waals surface area (Å²) in [5.74, 6) is -1.09. The van der Waals surface area contributed by atoms with Crippen LogP contribution in [0.4, 0.5) is 10.1 Å². The number of nitrogens with one attached hydrogen (secondary N) is 1. The zero-order valence-electron chi connectivity index (χ0n) is 12.4. The van der Waals surface area contributed by atoms with Crippen molar-refractivity contribution >= 4 is 17.4 Å². The number of benzene rings is 1. The first-order chi connectivity index (χ1) is 10.0. The highest BCUT2D eigenvalue weighted by Crippen LogP contribution is 2.19. The van der Waals surface area contributed by atoms with Gasteiger partial charge in [0.15, 0.2) is 5.84 Å². The zero-order valence-corrected chi connectivity index (χ0v) is 12.4. The number of halogens is 1. The predicted octanol–water partition coefficient (Wildman–Crippen LogP) is 3.08. The van der Waals surface area contributed by atoms with Gasteiger partial charge in [-0.05, 0) is 31.0 Å². The van der Waals surface area contributed by atoms with Gasteiger partial charge in [0, 0.05) is 11.5 Å². The molecule has 0 spiro atoms. The van der Waals surface area contributed by atoms with Crippen molar-refractivity contribution < 1.29 is 14.4 Å². The third kappa shape index (κ3) is 4.73. The molecule has 0 saturated heterocycles. The fourth-order valence-corrected chi connectivity index (χ4v) is 2.04. The van der Waals surface area contributed by atoms with Crippen molar-refractivity contribution in [3.63, 3.8) is 0 Å². The lowest BCUT2D eigenvalue weighted by Crippen LogP contribution is -2.23. The van der Waals surface area contributed by atoms with E-state index in [2.05, 4.69) is 17.4 Å². The molecule has 0 aromatic heterocycles. The number of amides is 1. The van der Waals surface area contributed by atoms with Crippen LogP contribution in [0, 0.1) is 11.7 Å². The highest BCUT2D eigenvalue weighted by molar-refractivity contribution is 5.98. The number of amidine groups is 1. The maximum atomic E-state index is 13.9. The van der Waals surface area contributed by atoms with Crippen molar-refractivity contribution in [3.05, 3.63) is 29.6 Å². The van der Waals surface area contributed by atoms with Gasteiger partial charge in [-0.1, -0.05) is 31.8 Å². The van der Waals surface area contributed by atoms with Gasteiger partial charge in [-0.15, -0.1) is 0 Å². The van der Waals surface area contributed by atoms with Crippen molar-refractivity contribution in [2.45, 2.75) is 39.5 Å². The average Bonchev–Trinajstić information content (AvgIpc) is 2.49. The molecule has 4 N–H and O–H groups in total. The number of unbranched alkanes of at least 4 members (excludes halogenated alkanes) is 1. The molecule has 1 atom stereocenters. The van der Waals surface area contributed by atoms with Gasteiger partial charge in [0.1, 0.15) is 5.82 Å². The quantitative estimate of drug-likeness (QED) is 0.312. The smallest absolute Gasteiger partial charge is 0.227 e. The molecule has 116 valence electrons. The van der Waals surface area contributed by atoms with Crippen LogP contribution >= 0.6 is 0 Å². The summed E-state index contributed by atoms with van der Waals surface area (Å²) in [6, 6.07) is 4.02. The number of carbonyl (C=O) groups is 1. The van der Waals surface area contributed by atoms with Gasteiger partial charge in [-0.25, -0.2) is 4.39 Å². The van der Waals surface area contributed by atoms with E-state index in [-0.39, 0.29) is 28.9 Å². The van der Waals surface area contributed by atoms with Crippen molar-refractivity contribution in [2.75, 3.05) is 5.32 Å². The molecule has 0 bridgehead atoms. The molecule has 1 rings (SSSR count). The molecule has 1 amide bonds. The van der Waals surface area contributed by atoms with E-state index < -0.39 is 5.82 Å². The molecule has 5 nitrogen and oxygen atoms in total. The molecule has 0 saturated carbocycles. The maximum Gasteiger partial charge on any atom is 0.227 e. The molecule has 0 radical (unpaired) electrons. The first-order valence-electron chi connectivity index (χ1n) is 7.11. The van der Waals surface area contributed by atoms with E-state index in [0.29, 0.717) is 0 Å². The Kier molecular flexibility index (Phi) is 6.65. The summed E-state index contributed by atoms with van der Waals surface area (Å²) in [6.07, 6.45) is 3.50. The Hall–Kier alpha value is -2.11. The van der Waals surface area contributed by atoms with Crippen LogP contribution in [0.15, 0.2) is 23.4 Å². The second-order valence-electron chi connectivity index (χ2n) is 4.92. The van der Waals surface area contributed by atoms with Crippen molar-refractivity contribution in [1.29, 1.82) is 0 Å². The van der Waals surface area contributed by atoms with E-state index >= 15 is 0 Å². The monoisotopic (exact) mass is 295 g/mol. The first-order valence-corrected chi connectivity index (χ1v) is 7.11. The van der Waals surface area contributed by atoms with Gasteiger partial charge in [0.25, 0.3) is 0 Å². The summed E-state index contributed by atoms with van der Waals surface area (Å²) in [5, 5.41) is 14.0. The number of nitrogens with zero attached hydrogens (tertiary/aromatic N) is 1. The summed E-state index contributed by atoms with van der Waals surface area (Å²) >= 11 is 0. The minimum Gasteiger partial charge on any atom is -0.409 e. The normalized spacial score (nSPS) is 13.0. The van der Waals surface area contributed by atoms with Gasteiger partial charge in [0.2, 0.25) is 5.91 Å². The molecule has 21 heavy (non-hydrogen) atoms.